The maximum Gasteiger partial charge on any atom is 0.166 e. The van der Waals surface area contributed by atoms with Gasteiger partial charge in [0, 0.05) is 32.1 Å². The standard InChI is InChI=1S/C25H17Cl2N3O.C2H8N2.2C2H6/c26-18-8-6-16(7-9-18)14-30-25(21(13-28-30)17-4-2-1-3-5-17)24-20-11-10-19(27)12-22(20)29-23(24)15-31;1-3-4-2;2*1-2/h1-13,15,29H,14H2;3-4H,1-2H3;2*1-2H3. The molecule has 0 radical (unpaired) electrons. The number of benzene rings is 3. The number of hydrogen-bond acceptors (Lipinski definition) is 4. The lowest BCUT2D eigenvalue weighted by Crippen LogP contribution is -2.21. The molecule has 0 spiro atoms. The maximum atomic E-state index is 12.0. The number of rotatable bonds is 6. The Labute approximate surface area is 241 Å². The molecule has 0 saturated heterocycles. The summed E-state index contributed by atoms with van der Waals surface area (Å²) in [6.07, 6.45) is 2.70. The molecule has 0 unspecified atom stereocenters. The zero-order valence-electron chi connectivity index (χ0n) is 23.3. The van der Waals surface area contributed by atoms with E-state index in [-0.39, 0.29) is 0 Å². The molecule has 0 aliphatic rings. The summed E-state index contributed by atoms with van der Waals surface area (Å²) in [5.41, 5.74) is 11.4. The van der Waals surface area contributed by atoms with Crippen LogP contribution in [0.15, 0.2) is 79.0 Å². The third-order valence-electron chi connectivity index (χ3n) is 5.56. The maximum absolute atomic E-state index is 12.0. The number of hydrazine groups is 1. The van der Waals surface area contributed by atoms with Crippen LogP contribution in [0.1, 0.15) is 43.7 Å². The Bertz CT molecular complexity index is 1430. The first kappa shape index (κ1) is 31.8. The Hall–Kier alpha value is -3.42. The van der Waals surface area contributed by atoms with Crippen molar-refractivity contribution in [2.75, 3.05) is 14.1 Å². The quantitative estimate of drug-likeness (QED) is 0.143. The van der Waals surface area contributed by atoms with E-state index in [1.165, 1.54) is 0 Å². The minimum absolute atomic E-state index is 0.493. The summed E-state index contributed by atoms with van der Waals surface area (Å²) in [5, 5.41) is 6.91. The van der Waals surface area contributed by atoms with Crippen LogP contribution in [0.3, 0.4) is 0 Å². The lowest BCUT2D eigenvalue weighted by molar-refractivity contribution is 0.112. The third-order valence-corrected chi connectivity index (χ3v) is 6.05. The van der Waals surface area contributed by atoms with E-state index in [4.69, 9.17) is 28.3 Å². The van der Waals surface area contributed by atoms with Crippen LogP contribution >= 0.6 is 23.2 Å². The van der Waals surface area contributed by atoms with Crippen LogP contribution < -0.4 is 10.9 Å². The predicted molar refractivity (Wildman–Crippen MR) is 167 cm³/mol. The van der Waals surface area contributed by atoms with Crippen LogP contribution in [0.5, 0.6) is 0 Å². The molecule has 206 valence electrons. The van der Waals surface area contributed by atoms with E-state index in [1.54, 1.807) is 0 Å². The number of nitrogens with one attached hydrogen (secondary N) is 3. The van der Waals surface area contributed by atoms with E-state index in [0.29, 0.717) is 22.3 Å². The van der Waals surface area contributed by atoms with Crippen molar-refractivity contribution in [1.29, 1.82) is 0 Å². The van der Waals surface area contributed by atoms with Crippen molar-refractivity contribution >= 4 is 40.4 Å². The van der Waals surface area contributed by atoms with Gasteiger partial charge in [0.2, 0.25) is 0 Å². The molecule has 8 heteroatoms. The first-order valence-corrected chi connectivity index (χ1v) is 13.8. The number of fused-ring (bicyclic) bond motifs is 1. The van der Waals surface area contributed by atoms with Gasteiger partial charge in [-0.3, -0.25) is 20.3 Å². The second kappa shape index (κ2) is 16.5. The van der Waals surface area contributed by atoms with Gasteiger partial charge in [-0.1, -0.05) is 99.4 Å². The molecule has 0 aliphatic heterocycles. The van der Waals surface area contributed by atoms with Gasteiger partial charge in [-0.25, -0.2) is 0 Å². The highest BCUT2D eigenvalue weighted by molar-refractivity contribution is 6.31. The van der Waals surface area contributed by atoms with E-state index in [1.807, 2.05) is 125 Å². The number of carbonyl (C=O) groups is 1. The molecule has 0 aliphatic carbocycles. The number of hydrogen-bond donors (Lipinski definition) is 3. The number of carbonyl (C=O) groups excluding carboxylic acids is 1. The number of halogens is 2. The molecule has 0 bridgehead atoms. The molecule has 2 aromatic heterocycles. The molecular formula is C31H37Cl2N5O. The van der Waals surface area contributed by atoms with Gasteiger partial charge in [0.1, 0.15) is 0 Å². The minimum atomic E-state index is 0.493. The van der Waals surface area contributed by atoms with E-state index >= 15 is 0 Å². The second-order valence-corrected chi connectivity index (χ2v) is 8.65. The zero-order valence-corrected chi connectivity index (χ0v) is 24.9. The van der Waals surface area contributed by atoms with Gasteiger partial charge in [0.25, 0.3) is 0 Å². The molecule has 5 aromatic rings. The Kier molecular flexibility index (Phi) is 13.5. The fourth-order valence-electron chi connectivity index (χ4n) is 3.89. The van der Waals surface area contributed by atoms with E-state index < -0.39 is 0 Å². The van der Waals surface area contributed by atoms with Crippen molar-refractivity contribution in [1.82, 2.24) is 25.6 Å². The monoisotopic (exact) mass is 565 g/mol. The first-order valence-electron chi connectivity index (χ1n) is 13.0. The Morgan fingerprint density at radius 3 is 2.08 bits per heavy atom. The summed E-state index contributed by atoms with van der Waals surface area (Å²) in [7, 11) is 3.64. The summed E-state index contributed by atoms with van der Waals surface area (Å²) in [6.45, 7) is 8.54. The molecule has 0 fully saturated rings. The van der Waals surface area contributed by atoms with Gasteiger partial charge in [-0.15, -0.1) is 0 Å². The molecule has 0 saturated carbocycles. The number of aromatic nitrogens is 3. The van der Waals surface area contributed by atoms with Crippen LogP contribution in [-0.2, 0) is 6.54 Å². The average Bonchev–Trinajstić information content (AvgIpc) is 3.56. The molecule has 0 amide bonds. The minimum Gasteiger partial charge on any atom is -0.352 e. The van der Waals surface area contributed by atoms with Gasteiger partial charge in [-0.05, 0) is 49.5 Å². The first-order chi connectivity index (χ1) is 19.0. The fraction of sp³-hybridized carbons (Fsp3) is 0.226. The number of aldehydes is 1. The topological polar surface area (TPSA) is 74.7 Å². The zero-order chi connectivity index (χ0) is 28.8. The molecule has 3 N–H and O–H groups in total. The average molecular weight is 567 g/mol. The van der Waals surface area contributed by atoms with E-state index in [2.05, 4.69) is 15.8 Å². The molecule has 39 heavy (non-hydrogen) atoms. The smallest absolute Gasteiger partial charge is 0.166 e. The summed E-state index contributed by atoms with van der Waals surface area (Å²) < 4.78 is 1.93. The highest BCUT2D eigenvalue weighted by atomic mass is 35.5. The summed E-state index contributed by atoms with van der Waals surface area (Å²) >= 11 is 12.2. The highest BCUT2D eigenvalue weighted by Crippen LogP contribution is 2.39. The van der Waals surface area contributed by atoms with Gasteiger partial charge in [0.15, 0.2) is 6.29 Å². The van der Waals surface area contributed by atoms with Gasteiger partial charge in [-0.2, -0.15) is 5.10 Å². The van der Waals surface area contributed by atoms with Crippen molar-refractivity contribution < 1.29 is 4.79 Å². The van der Waals surface area contributed by atoms with Gasteiger partial charge < -0.3 is 4.98 Å². The molecule has 3 aromatic carbocycles. The molecule has 6 nitrogen and oxygen atoms in total. The van der Waals surface area contributed by atoms with Crippen molar-refractivity contribution in [3.05, 3.63) is 100 Å². The third kappa shape index (κ3) is 8.04. The molecule has 2 heterocycles. The summed E-state index contributed by atoms with van der Waals surface area (Å²) in [6, 6.07) is 23.3. The number of nitrogens with zero attached hydrogens (tertiary/aromatic N) is 2. The molecule has 0 atom stereocenters. The van der Waals surface area contributed by atoms with Crippen molar-refractivity contribution in [3.8, 4) is 22.4 Å². The Balaban J connectivity index is 0.000000602. The molecular weight excluding hydrogens is 529 g/mol. The van der Waals surface area contributed by atoms with Crippen LogP contribution in [-0.4, -0.2) is 35.1 Å². The van der Waals surface area contributed by atoms with Crippen molar-refractivity contribution in [2.45, 2.75) is 34.2 Å². The lowest BCUT2D eigenvalue weighted by Gasteiger charge is -2.11. The van der Waals surface area contributed by atoms with Gasteiger partial charge in [0.05, 0.1) is 24.1 Å². The Morgan fingerprint density at radius 2 is 1.49 bits per heavy atom. The number of aromatic amines is 1. The van der Waals surface area contributed by atoms with Crippen molar-refractivity contribution in [2.24, 2.45) is 0 Å². The highest BCUT2D eigenvalue weighted by Gasteiger charge is 2.22. The fourth-order valence-corrected chi connectivity index (χ4v) is 4.19. The van der Waals surface area contributed by atoms with Crippen LogP contribution in [0, 0.1) is 0 Å². The second-order valence-electron chi connectivity index (χ2n) is 7.78. The van der Waals surface area contributed by atoms with Gasteiger partial charge >= 0.3 is 0 Å². The molecule has 5 rings (SSSR count). The van der Waals surface area contributed by atoms with Crippen LogP contribution in [0.4, 0.5) is 0 Å². The van der Waals surface area contributed by atoms with Crippen LogP contribution in [0.2, 0.25) is 10.0 Å². The Morgan fingerprint density at radius 1 is 0.872 bits per heavy atom. The SMILES string of the molecule is CC.CC.CNNC.O=Cc1[nH]c2cc(Cl)ccc2c1-c1c(-c2ccccc2)cnn1Cc1ccc(Cl)cc1. The predicted octanol–water partition coefficient (Wildman–Crippen LogP) is 8.26. The summed E-state index contributed by atoms with van der Waals surface area (Å²) in [4.78, 5) is 15.2. The van der Waals surface area contributed by atoms with Crippen molar-refractivity contribution in [3.63, 3.8) is 0 Å². The lowest BCUT2D eigenvalue weighted by atomic mass is 9.99. The van der Waals surface area contributed by atoms with E-state index in [0.717, 1.165) is 45.1 Å². The summed E-state index contributed by atoms with van der Waals surface area (Å²) in [5.74, 6) is 0. The van der Waals surface area contributed by atoms with Crippen LogP contribution in [0.25, 0.3) is 33.3 Å². The van der Waals surface area contributed by atoms with E-state index in [9.17, 15) is 4.79 Å². The largest absolute Gasteiger partial charge is 0.352 e. The number of H-pyrrole nitrogens is 1. The normalized spacial score (nSPS) is 9.95.